The lowest BCUT2D eigenvalue weighted by Gasteiger charge is -2.40. The molecule has 3 saturated carbocycles. The molecular formula is C20H32F2O. The Balaban J connectivity index is 1.40. The first-order valence-electron chi connectivity index (χ1n) is 9.82. The van der Waals surface area contributed by atoms with Crippen molar-refractivity contribution in [2.45, 2.75) is 83.2 Å². The first kappa shape index (κ1) is 17.4. The zero-order valence-corrected chi connectivity index (χ0v) is 14.2. The van der Waals surface area contributed by atoms with E-state index in [0.717, 1.165) is 62.2 Å². The van der Waals surface area contributed by atoms with E-state index in [9.17, 15) is 13.9 Å². The van der Waals surface area contributed by atoms with Crippen molar-refractivity contribution in [1.29, 1.82) is 0 Å². The number of halogens is 2. The molecule has 132 valence electrons. The molecule has 1 nitrogen and oxygen atoms in total. The fraction of sp³-hybridized carbons (Fsp3) is 0.900. The summed E-state index contributed by atoms with van der Waals surface area (Å²) in [6, 6.07) is 0. The SMILES string of the molecule is OC1CCC(C2CCC(C3CCC(C=C(F)F)CC3)CC2)CC1. The summed E-state index contributed by atoms with van der Waals surface area (Å²) in [5.74, 6) is 3.50. The second kappa shape index (κ2) is 8.09. The highest BCUT2D eigenvalue weighted by molar-refractivity contribution is 4.92. The Kier molecular flexibility index (Phi) is 6.12. The Hall–Kier alpha value is -0.440. The van der Waals surface area contributed by atoms with E-state index < -0.39 is 6.08 Å². The van der Waals surface area contributed by atoms with Crippen LogP contribution < -0.4 is 0 Å². The zero-order chi connectivity index (χ0) is 16.2. The van der Waals surface area contributed by atoms with Crippen molar-refractivity contribution in [3.05, 3.63) is 12.2 Å². The van der Waals surface area contributed by atoms with Crippen LogP contribution in [0.3, 0.4) is 0 Å². The van der Waals surface area contributed by atoms with Crippen LogP contribution in [0, 0.1) is 29.6 Å². The Morgan fingerprint density at radius 3 is 1.35 bits per heavy atom. The van der Waals surface area contributed by atoms with Crippen molar-refractivity contribution in [3.63, 3.8) is 0 Å². The number of allylic oxidation sites excluding steroid dienone is 1. The van der Waals surface area contributed by atoms with Crippen LogP contribution in [0.5, 0.6) is 0 Å². The molecular weight excluding hydrogens is 294 g/mol. The van der Waals surface area contributed by atoms with Gasteiger partial charge >= 0.3 is 0 Å². The van der Waals surface area contributed by atoms with Gasteiger partial charge in [-0.25, -0.2) is 0 Å². The summed E-state index contributed by atoms with van der Waals surface area (Å²) in [5.41, 5.74) is 0. The van der Waals surface area contributed by atoms with Crippen LogP contribution in [-0.4, -0.2) is 11.2 Å². The smallest absolute Gasteiger partial charge is 0.266 e. The summed E-state index contributed by atoms with van der Waals surface area (Å²) in [5, 5.41) is 9.66. The summed E-state index contributed by atoms with van der Waals surface area (Å²) in [6.45, 7) is 0. The van der Waals surface area contributed by atoms with E-state index in [4.69, 9.17) is 0 Å². The van der Waals surface area contributed by atoms with Gasteiger partial charge in [0.2, 0.25) is 0 Å². The molecule has 0 amide bonds. The number of hydrogen-bond donors (Lipinski definition) is 1. The van der Waals surface area contributed by atoms with Gasteiger partial charge in [0.1, 0.15) is 0 Å². The standard InChI is InChI=1S/C20H32F2O/c21-20(22)13-14-1-3-15(4-2-14)16-5-7-17(8-6-16)18-9-11-19(23)12-10-18/h13-19,23H,1-12H2. The predicted molar refractivity (Wildman–Crippen MR) is 89.2 cm³/mol. The van der Waals surface area contributed by atoms with Gasteiger partial charge in [0.25, 0.3) is 6.08 Å². The van der Waals surface area contributed by atoms with Gasteiger partial charge < -0.3 is 5.11 Å². The molecule has 0 aromatic carbocycles. The highest BCUT2D eigenvalue weighted by atomic mass is 19.3. The molecule has 0 aromatic heterocycles. The lowest BCUT2D eigenvalue weighted by molar-refractivity contribution is 0.0677. The summed E-state index contributed by atoms with van der Waals surface area (Å²) < 4.78 is 24.7. The van der Waals surface area contributed by atoms with Gasteiger partial charge in [0.05, 0.1) is 6.10 Å². The molecule has 3 heteroatoms. The maximum atomic E-state index is 12.4. The van der Waals surface area contributed by atoms with E-state index in [0.29, 0.717) is 0 Å². The molecule has 1 N–H and O–H groups in total. The lowest BCUT2D eigenvalue weighted by atomic mass is 9.65. The van der Waals surface area contributed by atoms with Gasteiger partial charge in [-0.1, -0.05) is 0 Å². The monoisotopic (exact) mass is 326 g/mol. The van der Waals surface area contributed by atoms with E-state index in [1.165, 1.54) is 44.6 Å². The quantitative estimate of drug-likeness (QED) is 0.681. The fourth-order valence-electron chi connectivity index (χ4n) is 5.62. The summed E-state index contributed by atoms with van der Waals surface area (Å²) >= 11 is 0. The average Bonchev–Trinajstić information content (AvgIpc) is 2.56. The molecule has 0 spiro atoms. The van der Waals surface area contributed by atoms with Crippen molar-refractivity contribution in [1.82, 2.24) is 0 Å². The minimum absolute atomic E-state index is 0.0408. The summed E-state index contributed by atoms with van der Waals surface area (Å²) in [6.07, 6.45) is 13.8. The second-order valence-corrected chi connectivity index (χ2v) is 8.37. The molecule has 0 aliphatic heterocycles. The molecule has 23 heavy (non-hydrogen) atoms. The first-order valence-corrected chi connectivity index (χ1v) is 9.82. The predicted octanol–water partition coefficient (Wildman–Crippen LogP) is 5.93. The highest BCUT2D eigenvalue weighted by Crippen LogP contribution is 2.45. The number of hydrogen-bond acceptors (Lipinski definition) is 1. The molecule has 0 atom stereocenters. The fourth-order valence-corrected chi connectivity index (χ4v) is 5.62. The molecule has 3 aliphatic rings. The Morgan fingerprint density at radius 1 is 0.609 bits per heavy atom. The molecule has 0 heterocycles. The normalized spacial score (nSPS) is 42.2. The molecule has 0 unspecified atom stereocenters. The van der Waals surface area contributed by atoms with Gasteiger partial charge in [-0.2, -0.15) is 8.78 Å². The molecule has 0 radical (unpaired) electrons. The molecule has 3 aliphatic carbocycles. The Labute approximate surface area is 139 Å². The van der Waals surface area contributed by atoms with Crippen LogP contribution in [0.2, 0.25) is 0 Å². The summed E-state index contributed by atoms with van der Waals surface area (Å²) in [7, 11) is 0. The Morgan fingerprint density at radius 2 is 0.957 bits per heavy atom. The van der Waals surface area contributed by atoms with Gasteiger partial charge in [0, 0.05) is 0 Å². The molecule has 3 fully saturated rings. The van der Waals surface area contributed by atoms with Gasteiger partial charge in [0.15, 0.2) is 0 Å². The minimum Gasteiger partial charge on any atom is -0.393 e. The topological polar surface area (TPSA) is 20.2 Å². The average molecular weight is 326 g/mol. The molecule has 3 rings (SSSR count). The van der Waals surface area contributed by atoms with E-state index in [-0.39, 0.29) is 12.0 Å². The lowest BCUT2D eigenvalue weighted by Crippen LogP contribution is -2.30. The Bertz CT molecular complexity index is 380. The van der Waals surface area contributed by atoms with Crippen LogP contribution in [0.25, 0.3) is 0 Å². The van der Waals surface area contributed by atoms with Crippen molar-refractivity contribution >= 4 is 0 Å². The van der Waals surface area contributed by atoms with Gasteiger partial charge in [-0.3, -0.25) is 0 Å². The maximum Gasteiger partial charge on any atom is 0.266 e. The third-order valence-corrected chi connectivity index (χ3v) is 7.07. The van der Waals surface area contributed by atoms with Crippen molar-refractivity contribution < 1.29 is 13.9 Å². The zero-order valence-electron chi connectivity index (χ0n) is 14.2. The van der Waals surface area contributed by atoms with Crippen LogP contribution in [0.4, 0.5) is 8.78 Å². The molecule has 0 bridgehead atoms. The van der Waals surface area contributed by atoms with Crippen molar-refractivity contribution in [2.24, 2.45) is 29.6 Å². The van der Waals surface area contributed by atoms with E-state index >= 15 is 0 Å². The summed E-state index contributed by atoms with van der Waals surface area (Å²) in [4.78, 5) is 0. The van der Waals surface area contributed by atoms with E-state index in [1.807, 2.05) is 0 Å². The first-order chi connectivity index (χ1) is 11.1. The highest BCUT2D eigenvalue weighted by Gasteiger charge is 2.34. The molecule has 0 saturated heterocycles. The van der Waals surface area contributed by atoms with Crippen LogP contribution in [0.1, 0.15) is 77.0 Å². The van der Waals surface area contributed by atoms with Gasteiger partial charge in [-0.05, 0) is 113 Å². The minimum atomic E-state index is -1.49. The number of rotatable bonds is 3. The van der Waals surface area contributed by atoms with Crippen molar-refractivity contribution in [2.75, 3.05) is 0 Å². The van der Waals surface area contributed by atoms with E-state index in [1.54, 1.807) is 0 Å². The third kappa shape index (κ3) is 4.78. The molecule has 0 aromatic rings. The van der Waals surface area contributed by atoms with Crippen LogP contribution in [0.15, 0.2) is 12.2 Å². The van der Waals surface area contributed by atoms with Gasteiger partial charge in [-0.15, -0.1) is 0 Å². The third-order valence-electron chi connectivity index (χ3n) is 7.07. The largest absolute Gasteiger partial charge is 0.393 e. The number of aliphatic hydroxyl groups excluding tert-OH is 1. The van der Waals surface area contributed by atoms with Crippen molar-refractivity contribution in [3.8, 4) is 0 Å². The number of aliphatic hydroxyl groups is 1. The van der Waals surface area contributed by atoms with Crippen LogP contribution in [-0.2, 0) is 0 Å². The van der Waals surface area contributed by atoms with E-state index in [2.05, 4.69) is 0 Å². The maximum absolute atomic E-state index is 12.4. The van der Waals surface area contributed by atoms with Crippen LogP contribution >= 0.6 is 0 Å². The second-order valence-electron chi connectivity index (χ2n) is 8.37.